The number of aliphatic hydroxyl groups is 1. The van der Waals surface area contributed by atoms with Crippen molar-refractivity contribution in [1.29, 1.82) is 0 Å². The number of nitrogens with one attached hydrogen (secondary N) is 1. The average molecular weight is 368 g/mol. The SMILES string of the molecule is O=C(CCCSc1nnnn1C1CCCCC1)NC1CCCCC1O. The molecular formula is C17H29N5O2S. The van der Waals surface area contributed by atoms with Crippen molar-refractivity contribution in [2.45, 2.75) is 94.0 Å². The van der Waals surface area contributed by atoms with Crippen LogP contribution in [0.3, 0.4) is 0 Å². The molecule has 2 aliphatic carbocycles. The van der Waals surface area contributed by atoms with E-state index in [0.717, 1.165) is 55.9 Å². The van der Waals surface area contributed by atoms with E-state index in [1.165, 1.54) is 19.3 Å². The van der Waals surface area contributed by atoms with E-state index in [-0.39, 0.29) is 18.1 Å². The highest BCUT2D eigenvalue weighted by atomic mass is 32.2. The van der Waals surface area contributed by atoms with Gasteiger partial charge in [-0.3, -0.25) is 4.79 Å². The van der Waals surface area contributed by atoms with Crippen molar-refractivity contribution in [1.82, 2.24) is 25.5 Å². The van der Waals surface area contributed by atoms with Gasteiger partial charge >= 0.3 is 0 Å². The molecular weight excluding hydrogens is 338 g/mol. The number of nitrogens with zero attached hydrogens (tertiary/aromatic N) is 4. The van der Waals surface area contributed by atoms with Gasteiger partial charge in [-0.15, -0.1) is 5.10 Å². The lowest BCUT2D eigenvalue weighted by Crippen LogP contribution is -2.45. The van der Waals surface area contributed by atoms with E-state index < -0.39 is 0 Å². The number of rotatable bonds is 7. The second-order valence-electron chi connectivity index (χ2n) is 7.18. The van der Waals surface area contributed by atoms with E-state index in [2.05, 4.69) is 20.8 Å². The van der Waals surface area contributed by atoms with Gasteiger partial charge in [0.1, 0.15) is 0 Å². The molecule has 2 N–H and O–H groups in total. The van der Waals surface area contributed by atoms with Crippen molar-refractivity contribution in [3.63, 3.8) is 0 Å². The Kier molecular flexibility index (Phi) is 7.10. The largest absolute Gasteiger partial charge is 0.391 e. The molecule has 0 bridgehead atoms. The molecule has 0 saturated heterocycles. The zero-order chi connectivity index (χ0) is 17.5. The van der Waals surface area contributed by atoms with E-state index in [1.54, 1.807) is 11.8 Å². The predicted octanol–water partition coefficient (Wildman–Crippen LogP) is 2.47. The molecule has 0 spiro atoms. The van der Waals surface area contributed by atoms with Crippen molar-refractivity contribution in [3.05, 3.63) is 0 Å². The third-order valence-corrected chi connectivity index (χ3v) is 6.26. The van der Waals surface area contributed by atoms with Crippen molar-refractivity contribution < 1.29 is 9.90 Å². The van der Waals surface area contributed by atoms with Crippen molar-refractivity contribution in [2.75, 3.05) is 5.75 Å². The first kappa shape index (κ1) is 18.6. The summed E-state index contributed by atoms with van der Waals surface area (Å²) in [6, 6.07) is 0.370. The average Bonchev–Trinajstić information content (AvgIpc) is 3.10. The molecule has 2 aliphatic rings. The van der Waals surface area contributed by atoms with Crippen LogP contribution in [-0.2, 0) is 4.79 Å². The van der Waals surface area contributed by atoms with Crippen LogP contribution in [0, 0.1) is 0 Å². The molecule has 1 aromatic rings. The van der Waals surface area contributed by atoms with E-state index in [9.17, 15) is 9.90 Å². The van der Waals surface area contributed by atoms with Crippen LogP contribution in [0.1, 0.15) is 76.7 Å². The number of aromatic nitrogens is 4. The number of aliphatic hydroxyl groups excluding tert-OH is 1. The van der Waals surface area contributed by atoms with Crippen LogP contribution in [0.25, 0.3) is 0 Å². The number of carbonyl (C=O) groups excluding carboxylic acids is 1. The minimum atomic E-state index is -0.382. The molecule has 140 valence electrons. The maximum atomic E-state index is 12.1. The third kappa shape index (κ3) is 5.41. The zero-order valence-corrected chi connectivity index (χ0v) is 15.6. The Labute approximate surface area is 153 Å². The van der Waals surface area contributed by atoms with Gasteiger partial charge in [-0.25, -0.2) is 4.68 Å². The number of amides is 1. The van der Waals surface area contributed by atoms with Crippen LogP contribution in [0.5, 0.6) is 0 Å². The first-order chi connectivity index (χ1) is 12.2. The summed E-state index contributed by atoms with van der Waals surface area (Å²) in [6.07, 6.45) is 10.8. The predicted molar refractivity (Wildman–Crippen MR) is 96.3 cm³/mol. The van der Waals surface area contributed by atoms with Gasteiger partial charge in [-0.05, 0) is 42.5 Å². The van der Waals surface area contributed by atoms with Gasteiger partial charge in [0.25, 0.3) is 0 Å². The molecule has 2 fully saturated rings. The van der Waals surface area contributed by atoms with Gasteiger partial charge in [0.05, 0.1) is 18.2 Å². The van der Waals surface area contributed by atoms with Gasteiger partial charge in [0.15, 0.2) is 0 Å². The van der Waals surface area contributed by atoms with Gasteiger partial charge in [0, 0.05) is 12.2 Å². The summed E-state index contributed by atoms with van der Waals surface area (Å²) in [7, 11) is 0. The molecule has 3 rings (SSSR count). The number of thioether (sulfide) groups is 1. The van der Waals surface area contributed by atoms with Crippen molar-refractivity contribution in [2.24, 2.45) is 0 Å². The summed E-state index contributed by atoms with van der Waals surface area (Å²) in [5, 5.41) is 25.9. The zero-order valence-electron chi connectivity index (χ0n) is 14.8. The number of hydrogen-bond donors (Lipinski definition) is 2. The maximum Gasteiger partial charge on any atom is 0.220 e. The van der Waals surface area contributed by atoms with Crippen LogP contribution in [0.4, 0.5) is 0 Å². The van der Waals surface area contributed by atoms with E-state index in [4.69, 9.17) is 0 Å². The Bertz CT molecular complexity index is 547. The highest BCUT2D eigenvalue weighted by Gasteiger charge is 2.24. The second-order valence-corrected chi connectivity index (χ2v) is 8.24. The lowest BCUT2D eigenvalue weighted by atomic mass is 9.92. The Hall–Kier alpha value is -1.15. The summed E-state index contributed by atoms with van der Waals surface area (Å²) in [6.45, 7) is 0. The Morgan fingerprint density at radius 3 is 2.72 bits per heavy atom. The summed E-state index contributed by atoms with van der Waals surface area (Å²) in [5.74, 6) is 0.867. The lowest BCUT2D eigenvalue weighted by Gasteiger charge is -2.28. The third-order valence-electron chi connectivity index (χ3n) is 5.24. The summed E-state index contributed by atoms with van der Waals surface area (Å²) in [4.78, 5) is 12.1. The van der Waals surface area contributed by atoms with Crippen LogP contribution in [0.15, 0.2) is 5.16 Å². The van der Waals surface area contributed by atoms with Crippen molar-refractivity contribution in [3.8, 4) is 0 Å². The van der Waals surface area contributed by atoms with Gasteiger partial charge in [-0.2, -0.15) is 0 Å². The molecule has 2 atom stereocenters. The molecule has 2 unspecified atom stereocenters. The molecule has 2 saturated carbocycles. The van der Waals surface area contributed by atoms with Crippen LogP contribution < -0.4 is 5.32 Å². The monoisotopic (exact) mass is 367 g/mol. The molecule has 7 nitrogen and oxygen atoms in total. The van der Waals surface area contributed by atoms with Crippen LogP contribution >= 0.6 is 11.8 Å². The van der Waals surface area contributed by atoms with E-state index >= 15 is 0 Å². The van der Waals surface area contributed by atoms with Gasteiger partial charge < -0.3 is 10.4 Å². The maximum absolute atomic E-state index is 12.1. The Morgan fingerprint density at radius 1 is 1.16 bits per heavy atom. The quantitative estimate of drug-likeness (QED) is 0.568. The fourth-order valence-corrected chi connectivity index (χ4v) is 4.67. The molecule has 1 amide bonds. The molecule has 0 radical (unpaired) electrons. The first-order valence-corrected chi connectivity index (χ1v) is 10.6. The fourth-order valence-electron chi connectivity index (χ4n) is 3.79. The summed E-state index contributed by atoms with van der Waals surface area (Å²) < 4.78 is 1.97. The molecule has 25 heavy (non-hydrogen) atoms. The summed E-state index contributed by atoms with van der Waals surface area (Å²) >= 11 is 1.63. The lowest BCUT2D eigenvalue weighted by molar-refractivity contribution is -0.123. The molecule has 8 heteroatoms. The molecule has 0 aromatic carbocycles. The highest BCUT2D eigenvalue weighted by molar-refractivity contribution is 7.99. The van der Waals surface area contributed by atoms with Crippen molar-refractivity contribution >= 4 is 17.7 Å². The fraction of sp³-hybridized carbons (Fsp3) is 0.882. The van der Waals surface area contributed by atoms with Gasteiger partial charge in [-0.1, -0.05) is 43.9 Å². The van der Waals surface area contributed by atoms with Gasteiger partial charge in [0.2, 0.25) is 11.1 Å². The van der Waals surface area contributed by atoms with E-state index in [1.807, 2.05) is 4.68 Å². The Balaban J connectivity index is 1.37. The first-order valence-electron chi connectivity index (χ1n) is 9.62. The topological polar surface area (TPSA) is 92.9 Å². The van der Waals surface area contributed by atoms with Crippen LogP contribution in [-0.4, -0.2) is 49.1 Å². The molecule has 1 heterocycles. The number of hydrogen-bond acceptors (Lipinski definition) is 6. The second kappa shape index (κ2) is 9.52. The smallest absolute Gasteiger partial charge is 0.220 e. The molecule has 0 aliphatic heterocycles. The minimum Gasteiger partial charge on any atom is -0.391 e. The minimum absolute atomic E-state index is 0.0402. The van der Waals surface area contributed by atoms with Crippen LogP contribution in [0.2, 0.25) is 0 Å². The number of tetrazole rings is 1. The molecule has 1 aromatic heterocycles. The highest BCUT2D eigenvalue weighted by Crippen LogP contribution is 2.30. The Morgan fingerprint density at radius 2 is 1.92 bits per heavy atom. The number of carbonyl (C=O) groups is 1. The van der Waals surface area contributed by atoms with E-state index in [0.29, 0.717) is 12.5 Å². The standard InChI is InChI=1S/C17H29N5O2S/c23-15-10-5-4-9-14(15)18-16(24)11-6-12-25-17-19-20-21-22(17)13-7-2-1-3-8-13/h13-15,23H,1-12H2,(H,18,24). The summed E-state index contributed by atoms with van der Waals surface area (Å²) in [5.41, 5.74) is 0. The normalized spacial score (nSPS) is 25.0.